The third-order valence-corrected chi connectivity index (χ3v) is 5.61. The Bertz CT molecular complexity index is 1550. The molecule has 2 aromatic heterocycles. The number of alkyl halides is 3. The standard InChI is InChI=1S/C28H25F2N3O3.C2HF3O2/c1-28(2,3)32-26(34)25(19-7-5-15-31-17-19)33(27(35)23-10-6-16-36-23)20-13-11-18(12-14-20)21-8-4-9-22(29)24(21)30;3-2(4,5)1(6)7/h4-17,25H,1-3H3,(H,32,34);(H,6,7). The monoisotopic (exact) mass is 603 g/mol. The van der Waals surface area contributed by atoms with Gasteiger partial charge in [-0.1, -0.05) is 30.3 Å². The second-order valence-electron chi connectivity index (χ2n) is 10.0. The van der Waals surface area contributed by atoms with Gasteiger partial charge in [0.1, 0.15) is 6.04 Å². The van der Waals surface area contributed by atoms with Crippen molar-refractivity contribution in [2.24, 2.45) is 0 Å². The number of aromatic nitrogens is 1. The average molecular weight is 604 g/mol. The Labute approximate surface area is 242 Å². The molecule has 1 atom stereocenters. The number of hydrogen-bond donors (Lipinski definition) is 2. The first kappa shape index (κ1) is 32.4. The van der Waals surface area contributed by atoms with E-state index >= 15 is 0 Å². The van der Waals surface area contributed by atoms with Crippen molar-refractivity contribution in [1.82, 2.24) is 10.3 Å². The van der Waals surface area contributed by atoms with Crippen LogP contribution < -0.4 is 10.2 Å². The molecule has 0 spiro atoms. The summed E-state index contributed by atoms with van der Waals surface area (Å²) in [5.74, 6) is -5.62. The summed E-state index contributed by atoms with van der Waals surface area (Å²) >= 11 is 0. The molecule has 226 valence electrons. The van der Waals surface area contributed by atoms with Crippen molar-refractivity contribution in [3.63, 3.8) is 0 Å². The van der Waals surface area contributed by atoms with Gasteiger partial charge in [0, 0.05) is 34.7 Å². The van der Waals surface area contributed by atoms with Gasteiger partial charge < -0.3 is 14.8 Å². The van der Waals surface area contributed by atoms with Crippen LogP contribution in [0.25, 0.3) is 11.1 Å². The number of pyridine rings is 1. The lowest BCUT2D eigenvalue weighted by atomic mass is 10.0. The number of carbonyl (C=O) groups excluding carboxylic acids is 2. The Morgan fingerprint density at radius 3 is 2.09 bits per heavy atom. The molecule has 43 heavy (non-hydrogen) atoms. The van der Waals surface area contributed by atoms with Gasteiger partial charge in [0.15, 0.2) is 17.4 Å². The number of anilines is 1. The summed E-state index contributed by atoms with van der Waals surface area (Å²) in [6, 6.07) is 15.6. The van der Waals surface area contributed by atoms with Gasteiger partial charge in [-0.3, -0.25) is 19.5 Å². The first-order valence-electron chi connectivity index (χ1n) is 12.5. The molecule has 1 unspecified atom stereocenters. The van der Waals surface area contributed by atoms with E-state index in [2.05, 4.69) is 10.3 Å². The topological polar surface area (TPSA) is 113 Å². The quantitative estimate of drug-likeness (QED) is 0.242. The summed E-state index contributed by atoms with van der Waals surface area (Å²) in [7, 11) is 0. The number of rotatable bonds is 6. The Hall–Kier alpha value is -5.07. The fraction of sp³-hybridized carbons (Fsp3) is 0.200. The number of furan rings is 1. The summed E-state index contributed by atoms with van der Waals surface area (Å²) in [6.45, 7) is 5.52. The van der Waals surface area contributed by atoms with Gasteiger partial charge in [0.2, 0.25) is 5.91 Å². The molecule has 13 heteroatoms. The zero-order valence-electron chi connectivity index (χ0n) is 23.0. The normalized spacial score (nSPS) is 12.0. The molecule has 2 amide bonds. The van der Waals surface area contributed by atoms with Crippen molar-refractivity contribution >= 4 is 23.5 Å². The SMILES string of the molecule is CC(C)(C)NC(=O)C(c1cccnc1)N(C(=O)c1ccco1)c1ccc(-c2cccc(F)c2F)cc1.O=C(O)C(F)(F)F. The molecule has 8 nitrogen and oxygen atoms in total. The van der Waals surface area contributed by atoms with Crippen LogP contribution in [0, 0.1) is 11.6 Å². The van der Waals surface area contributed by atoms with Crippen molar-refractivity contribution in [2.75, 3.05) is 4.90 Å². The van der Waals surface area contributed by atoms with Gasteiger partial charge in [-0.15, -0.1) is 0 Å². The van der Waals surface area contributed by atoms with Gasteiger partial charge in [-0.05, 0) is 62.7 Å². The minimum Gasteiger partial charge on any atom is -0.475 e. The van der Waals surface area contributed by atoms with Crippen molar-refractivity contribution in [3.8, 4) is 11.1 Å². The molecule has 4 aromatic rings. The number of benzene rings is 2. The molecule has 0 bridgehead atoms. The van der Waals surface area contributed by atoms with E-state index in [1.807, 2.05) is 20.8 Å². The third kappa shape index (κ3) is 8.47. The van der Waals surface area contributed by atoms with E-state index in [9.17, 15) is 31.5 Å². The fourth-order valence-electron chi connectivity index (χ4n) is 3.82. The molecule has 0 aliphatic carbocycles. The predicted molar refractivity (Wildman–Crippen MR) is 146 cm³/mol. The third-order valence-electron chi connectivity index (χ3n) is 5.61. The molecule has 0 saturated heterocycles. The summed E-state index contributed by atoms with van der Waals surface area (Å²) in [5.41, 5.74) is 0.766. The zero-order valence-corrected chi connectivity index (χ0v) is 23.0. The molecule has 0 fully saturated rings. The van der Waals surface area contributed by atoms with E-state index in [1.54, 1.807) is 48.7 Å². The van der Waals surface area contributed by atoms with E-state index in [-0.39, 0.29) is 11.3 Å². The summed E-state index contributed by atoms with van der Waals surface area (Å²) in [6.07, 6.45) is -0.620. The van der Waals surface area contributed by atoms with Gasteiger partial charge in [-0.25, -0.2) is 13.6 Å². The predicted octanol–water partition coefficient (Wildman–Crippen LogP) is 6.56. The highest BCUT2D eigenvalue weighted by molar-refractivity contribution is 6.08. The summed E-state index contributed by atoms with van der Waals surface area (Å²) in [4.78, 5) is 41.6. The Morgan fingerprint density at radius 2 is 1.58 bits per heavy atom. The van der Waals surface area contributed by atoms with Crippen molar-refractivity contribution < 1.29 is 45.9 Å². The minimum atomic E-state index is -5.08. The number of nitrogens with one attached hydrogen (secondary N) is 1. The summed E-state index contributed by atoms with van der Waals surface area (Å²) < 4.78 is 65.2. The molecule has 2 N–H and O–H groups in total. The van der Waals surface area contributed by atoms with Gasteiger partial charge >= 0.3 is 12.1 Å². The second kappa shape index (κ2) is 13.3. The number of nitrogens with zero attached hydrogens (tertiary/aromatic N) is 2. The van der Waals surface area contributed by atoms with Gasteiger partial charge in [0.25, 0.3) is 5.91 Å². The van der Waals surface area contributed by atoms with Crippen LogP contribution in [-0.2, 0) is 9.59 Å². The molecular weight excluding hydrogens is 577 g/mol. The highest BCUT2D eigenvalue weighted by atomic mass is 19.4. The maximum Gasteiger partial charge on any atom is 0.490 e. The Kier molecular flexibility index (Phi) is 10.0. The van der Waals surface area contributed by atoms with Crippen LogP contribution in [0.1, 0.15) is 42.9 Å². The Morgan fingerprint density at radius 1 is 0.930 bits per heavy atom. The molecule has 4 rings (SSSR count). The van der Waals surface area contributed by atoms with Crippen LogP contribution in [0.5, 0.6) is 0 Å². The zero-order chi connectivity index (χ0) is 31.9. The molecule has 0 aliphatic heterocycles. The highest BCUT2D eigenvalue weighted by Gasteiger charge is 2.38. The van der Waals surface area contributed by atoms with E-state index in [1.165, 1.54) is 35.6 Å². The van der Waals surface area contributed by atoms with Gasteiger partial charge in [0.05, 0.1) is 6.26 Å². The average Bonchev–Trinajstić information content (AvgIpc) is 3.48. The van der Waals surface area contributed by atoms with E-state index in [0.717, 1.165) is 6.07 Å². The first-order valence-corrected chi connectivity index (χ1v) is 12.5. The lowest BCUT2D eigenvalue weighted by Crippen LogP contribution is -2.49. The summed E-state index contributed by atoms with van der Waals surface area (Å²) in [5, 5.41) is 10.1. The van der Waals surface area contributed by atoms with Crippen LogP contribution in [0.3, 0.4) is 0 Å². The number of amides is 2. The van der Waals surface area contributed by atoms with Crippen LogP contribution in [0.15, 0.2) is 89.8 Å². The number of halogens is 5. The van der Waals surface area contributed by atoms with Crippen LogP contribution in [-0.4, -0.2) is 39.6 Å². The second-order valence-corrected chi connectivity index (χ2v) is 10.0. The van der Waals surface area contributed by atoms with Crippen molar-refractivity contribution in [2.45, 2.75) is 38.5 Å². The molecule has 0 saturated carbocycles. The molecule has 0 radical (unpaired) electrons. The number of carboxylic acid groups (broad SMARTS) is 1. The molecule has 2 heterocycles. The first-order chi connectivity index (χ1) is 20.1. The lowest BCUT2D eigenvalue weighted by molar-refractivity contribution is -0.192. The van der Waals surface area contributed by atoms with Crippen molar-refractivity contribution in [1.29, 1.82) is 0 Å². The number of carboxylic acids is 1. The molecular formula is C30H26F5N3O5. The number of hydrogen-bond acceptors (Lipinski definition) is 5. The minimum absolute atomic E-state index is 0.0349. The fourth-order valence-corrected chi connectivity index (χ4v) is 3.82. The van der Waals surface area contributed by atoms with Crippen molar-refractivity contribution in [3.05, 3.63) is 108 Å². The molecule has 0 aliphatic rings. The van der Waals surface area contributed by atoms with Crippen LogP contribution in [0.4, 0.5) is 27.6 Å². The lowest BCUT2D eigenvalue weighted by Gasteiger charge is -2.33. The van der Waals surface area contributed by atoms with E-state index in [4.69, 9.17) is 14.3 Å². The largest absolute Gasteiger partial charge is 0.490 e. The highest BCUT2D eigenvalue weighted by Crippen LogP contribution is 2.33. The molecule has 2 aromatic carbocycles. The van der Waals surface area contributed by atoms with E-state index < -0.39 is 47.2 Å². The maximum absolute atomic E-state index is 14.4. The number of aliphatic carboxylic acids is 1. The van der Waals surface area contributed by atoms with Crippen LogP contribution in [0.2, 0.25) is 0 Å². The smallest absolute Gasteiger partial charge is 0.475 e. The van der Waals surface area contributed by atoms with Crippen LogP contribution >= 0.6 is 0 Å². The van der Waals surface area contributed by atoms with E-state index in [0.29, 0.717) is 16.8 Å². The maximum atomic E-state index is 14.4. The van der Waals surface area contributed by atoms with Gasteiger partial charge in [-0.2, -0.15) is 13.2 Å². The number of carbonyl (C=O) groups is 3. The Balaban J connectivity index is 0.000000646.